The third kappa shape index (κ3) is 4.74. The van der Waals surface area contributed by atoms with Crippen molar-refractivity contribution in [3.63, 3.8) is 0 Å². The fourth-order valence-corrected chi connectivity index (χ4v) is 3.85. The van der Waals surface area contributed by atoms with Crippen LogP contribution < -0.4 is 15.8 Å². The second kappa shape index (κ2) is 8.47. The lowest BCUT2D eigenvalue weighted by Gasteiger charge is -2.16. The van der Waals surface area contributed by atoms with Gasteiger partial charge >= 0.3 is 0 Å². The van der Waals surface area contributed by atoms with Crippen molar-refractivity contribution in [3.8, 4) is 5.75 Å². The number of likely N-dealkylation sites (tertiary alicyclic amines) is 1. The van der Waals surface area contributed by atoms with Gasteiger partial charge in [-0.25, -0.2) is 8.78 Å². The van der Waals surface area contributed by atoms with E-state index in [-0.39, 0.29) is 42.8 Å². The van der Waals surface area contributed by atoms with Crippen molar-refractivity contribution >= 4 is 5.91 Å². The molecule has 1 saturated carbocycles. The molecule has 1 aliphatic carbocycles. The first kappa shape index (κ1) is 19.8. The van der Waals surface area contributed by atoms with Gasteiger partial charge in [0.1, 0.15) is 12.4 Å². The quantitative estimate of drug-likeness (QED) is 0.748. The van der Waals surface area contributed by atoms with Crippen LogP contribution in [0.4, 0.5) is 8.78 Å². The Bertz CT molecular complexity index is 878. The highest BCUT2D eigenvalue weighted by Crippen LogP contribution is 2.46. The average molecular weight is 401 g/mol. The number of hydrogen-bond donors (Lipinski definition) is 2. The van der Waals surface area contributed by atoms with Crippen molar-refractivity contribution in [2.24, 2.45) is 5.73 Å². The van der Waals surface area contributed by atoms with Gasteiger partial charge in [0.05, 0.1) is 6.54 Å². The van der Waals surface area contributed by atoms with Crippen LogP contribution in [-0.2, 0) is 11.4 Å². The molecule has 1 heterocycles. The number of nitrogens with two attached hydrogens (primary N) is 1. The van der Waals surface area contributed by atoms with Gasteiger partial charge in [-0.1, -0.05) is 30.3 Å². The molecule has 0 aromatic heterocycles. The van der Waals surface area contributed by atoms with Crippen LogP contribution in [0.25, 0.3) is 0 Å². The molecule has 0 bridgehead atoms. The number of nitrogens with zero attached hydrogens (tertiary/aromatic N) is 1. The Morgan fingerprint density at radius 1 is 1.24 bits per heavy atom. The van der Waals surface area contributed by atoms with Gasteiger partial charge in [-0.05, 0) is 24.5 Å². The Morgan fingerprint density at radius 3 is 2.76 bits per heavy atom. The lowest BCUT2D eigenvalue weighted by molar-refractivity contribution is -0.129. The normalized spacial score (nSPS) is 23.3. The SMILES string of the molecule is N[C@H]1CCN(C(=O)CN[C@@H]2C[C@H]2c2cc(F)cc(F)c2OCc2ccccc2)C1. The van der Waals surface area contributed by atoms with E-state index < -0.39 is 11.6 Å². The topological polar surface area (TPSA) is 67.6 Å². The molecule has 2 aromatic carbocycles. The molecule has 5 nitrogen and oxygen atoms in total. The second-order valence-corrected chi connectivity index (χ2v) is 7.80. The van der Waals surface area contributed by atoms with Crippen LogP contribution in [0.2, 0.25) is 0 Å². The summed E-state index contributed by atoms with van der Waals surface area (Å²) >= 11 is 0. The van der Waals surface area contributed by atoms with E-state index in [1.165, 1.54) is 6.07 Å². The third-order valence-electron chi connectivity index (χ3n) is 5.55. The maximum atomic E-state index is 14.4. The Morgan fingerprint density at radius 2 is 2.03 bits per heavy atom. The maximum absolute atomic E-state index is 14.4. The predicted octanol–water partition coefficient (Wildman–Crippen LogP) is 2.55. The second-order valence-electron chi connectivity index (χ2n) is 7.80. The number of rotatable bonds is 7. The summed E-state index contributed by atoms with van der Waals surface area (Å²) in [6.45, 7) is 1.67. The summed E-state index contributed by atoms with van der Waals surface area (Å²) in [6.07, 6.45) is 1.53. The van der Waals surface area contributed by atoms with E-state index in [1.54, 1.807) is 4.90 Å². The fourth-order valence-electron chi connectivity index (χ4n) is 3.85. The van der Waals surface area contributed by atoms with Crippen molar-refractivity contribution in [1.82, 2.24) is 10.2 Å². The molecule has 1 aliphatic heterocycles. The van der Waals surface area contributed by atoms with E-state index in [4.69, 9.17) is 10.5 Å². The van der Waals surface area contributed by atoms with Gasteiger partial charge in [-0.2, -0.15) is 0 Å². The highest BCUT2D eigenvalue weighted by atomic mass is 19.1. The highest BCUT2D eigenvalue weighted by Gasteiger charge is 2.41. The summed E-state index contributed by atoms with van der Waals surface area (Å²) in [7, 11) is 0. The molecule has 0 radical (unpaired) electrons. The van der Waals surface area contributed by atoms with E-state index in [0.29, 0.717) is 25.1 Å². The molecule has 1 saturated heterocycles. The Labute approximate surface area is 168 Å². The monoisotopic (exact) mass is 401 g/mol. The molecule has 0 unspecified atom stereocenters. The smallest absolute Gasteiger partial charge is 0.236 e. The van der Waals surface area contributed by atoms with Crippen molar-refractivity contribution in [2.45, 2.75) is 37.5 Å². The van der Waals surface area contributed by atoms with E-state index in [2.05, 4.69) is 5.32 Å². The van der Waals surface area contributed by atoms with Crippen LogP contribution in [0.1, 0.15) is 29.9 Å². The van der Waals surface area contributed by atoms with E-state index in [0.717, 1.165) is 18.1 Å². The van der Waals surface area contributed by atoms with Gasteiger partial charge < -0.3 is 20.7 Å². The number of amides is 1. The summed E-state index contributed by atoms with van der Waals surface area (Å²) in [6, 6.07) is 11.6. The molecule has 4 rings (SSSR count). The zero-order valence-corrected chi connectivity index (χ0v) is 16.1. The lowest BCUT2D eigenvalue weighted by atomic mass is 10.1. The van der Waals surface area contributed by atoms with E-state index in [9.17, 15) is 13.6 Å². The Balaban J connectivity index is 1.38. The predicted molar refractivity (Wildman–Crippen MR) is 105 cm³/mol. The summed E-state index contributed by atoms with van der Waals surface area (Å²) in [5.41, 5.74) is 7.26. The van der Waals surface area contributed by atoms with E-state index in [1.807, 2.05) is 30.3 Å². The van der Waals surface area contributed by atoms with Crippen molar-refractivity contribution in [1.29, 1.82) is 0 Å². The van der Waals surface area contributed by atoms with Crippen LogP contribution in [0, 0.1) is 11.6 Å². The molecule has 7 heteroatoms. The van der Waals surface area contributed by atoms with Gasteiger partial charge in [0.2, 0.25) is 5.91 Å². The first-order valence-corrected chi connectivity index (χ1v) is 9.93. The van der Waals surface area contributed by atoms with Crippen LogP contribution >= 0.6 is 0 Å². The van der Waals surface area contributed by atoms with Gasteiger partial charge in [-0.3, -0.25) is 4.79 Å². The molecule has 3 N–H and O–H groups in total. The van der Waals surface area contributed by atoms with Crippen LogP contribution in [0.5, 0.6) is 5.75 Å². The number of nitrogens with one attached hydrogen (secondary N) is 1. The molecule has 0 spiro atoms. The molecule has 2 fully saturated rings. The summed E-state index contributed by atoms with van der Waals surface area (Å²) < 4.78 is 34.0. The van der Waals surface area contributed by atoms with Crippen LogP contribution in [0.15, 0.2) is 42.5 Å². The molecule has 3 atom stereocenters. The van der Waals surface area contributed by atoms with Crippen molar-refractivity contribution in [3.05, 3.63) is 65.2 Å². The maximum Gasteiger partial charge on any atom is 0.236 e. The van der Waals surface area contributed by atoms with Gasteiger partial charge in [-0.15, -0.1) is 0 Å². The average Bonchev–Trinajstić information content (AvgIpc) is 3.35. The number of halogens is 2. The minimum absolute atomic E-state index is 0.00416. The first-order chi connectivity index (χ1) is 14.0. The number of hydrogen-bond acceptors (Lipinski definition) is 4. The fraction of sp³-hybridized carbons (Fsp3) is 0.409. The molecular weight excluding hydrogens is 376 g/mol. The summed E-state index contributed by atoms with van der Waals surface area (Å²) in [5.74, 6) is -1.32. The van der Waals surface area contributed by atoms with Crippen molar-refractivity contribution in [2.75, 3.05) is 19.6 Å². The molecule has 2 aromatic rings. The Kier molecular flexibility index (Phi) is 5.78. The molecular formula is C22H25F2N3O2. The minimum atomic E-state index is -0.705. The standard InChI is InChI=1S/C22H25F2N3O2/c23-15-8-18(22(19(24)9-15)29-13-14-4-2-1-3-5-14)17-10-20(17)26-11-21(28)27-7-6-16(25)12-27/h1-5,8-9,16-17,20,26H,6-7,10-13,25H2/t16-,17-,20+/m0/s1. The number of carbonyl (C=O) groups excluding carboxylic acids is 1. The number of ether oxygens (including phenoxy) is 1. The molecule has 154 valence electrons. The minimum Gasteiger partial charge on any atom is -0.486 e. The molecule has 2 aliphatic rings. The third-order valence-corrected chi connectivity index (χ3v) is 5.55. The number of carbonyl (C=O) groups is 1. The van der Waals surface area contributed by atoms with Crippen molar-refractivity contribution < 1.29 is 18.3 Å². The molecule has 29 heavy (non-hydrogen) atoms. The zero-order valence-electron chi connectivity index (χ0n) is 16.1. The summed E-state index contributed by atoms with van der Waals surface area (Å²) in [4.78, 5) is 14.0. The van der Waals surface area contributed by atoms with Gasteiger partial charge in [0, 0.05) is 42.7 Å². The zero-order chi connectivity index (χ0) is 20.4. The first-order valence-electron chi connectivity index (χ1n) is 9.93. The van der Waals surface area contributed by atoms with Gasteiger partial charge in [0.25, 0.3) is 0 Å². The summed E-state index contributed by atoms with van der Waals surface area (Å²) in [5, 5.41) is 3.20. The number of benzene rings is 2. The Hall–Kier alpha value is -2.51. The largest absolute Gasteiger partial charge is 0.486 e. The van der Waals surface area contributed by atoms with Crippen LogP contribution in [0.3, 0.4) is 0 Å². The van der Waals surface area contributed by atoms with E-state index >= 15 is 0 Å². The lowest BCUT2D eigenvalue weighted by Crippen LogP contribution is -2.39. The van der Waals surface area contributed by atoms with Gasteiger partial charge in [0.15, 0.2) is 11.6 Å². The highest BCUT2D eigenvalue weighted by molar-refractivity contribution is 5.78. The molecule has 1 amide bonds. The van der Waals surface area contributed by atoms with Crippen LogP contribution in [-0.4, -0.2) is 42.5 Å².